The summed E-state index contributed by atoms with van der Waals surface area (Å²) in [5, 5.41) is 5.50. The van der Waals surface area contributed by atoms with Crippen LogP contribution in [0.1, 0.15) is 31.0 Å². The Morgan fingerprint density at radius 1 is 1.57 bits per heavy atom. The van der Waals surface area contributed by atoms with Crippen molar-refractivity contribution in [2.75, 3.05) is 6.54 Å². The van der Waals surface area contributed by atoms with Crippen molar-refractivity contribution in [2.45, 2.75) is 31.7 Å². The predicted molar refractivity (Wildman–Crippen MR) is 67.9 cm³/mol. The second-order valence-corrected chi connectivity index (χ2v) is 5.05. The Kier molecular flexibility index (Phi) is 6.06. The largest absolute Gasteiger partial charge is 0.310 e. The SMILES string of the molecule is CCNC(C)(C)C(Cl)c1cccs1.Cl. The van der Waals surface area contributed by atoms with Crippen LogP contribution in [-0.4, -0.2) is 12.1 Å². The number of hydrogen-bond donors (Lipinski definition) is 1. The lowest BCUT2D eigenvalue weighted by atomic mass is 9.99. The average Bonchev–Trinajstić information content (AvgIpc) is 2.54. The molecule has 0 fully saturated rings. The van der Waals surface area contributed by atoms with Gasteiger partial charge < -0.3 is 5.32 Å². The molecule has 0 aliphatic carbocycles. The van der Waals surface area contributed by atoms with Gasteiger partial charge in [-0.1, -0.05) is 13.0 Å². The maximum Gasteiger partial charge on any atom is 0.0854 e. The third-order valence-electron chi connectivity index (χ3n) is 2.06. The maximum absolute atomic E-state index is 6.37. The summed E-state index contributed by atoms with van der Waals surface area (Å²) in [5.74, 6) is 0. The van der Waals surface area contributed by atoms with Crippen molar-refractivity contribution >= 4 is 35.3 Å². The first kappa shape index (κ1) is 14.2. The Balaban J connectivity index is 0.00000169. The quantitative estimate of drug-likeness (QED) is 0.805. The first-order valence-corrected chi connectivity index (χ1v) is 5.82. The molecule has 4 heteroatoms. The minimum absolute atomic E-state index is 0. The summed E-state index contributed by atoms with van der Waals surface area (Å²) in [6, 6.07) is 4.12. The van der Waals surface area contributed by atoms with E-state index in [0.717, 1.165) is 6.54 Å². The Morgan fingerprint density at radius 3 is 2.64 bits per heavy atom. The molecule has 0 saturated carbocycles. The van der Waals surface area contributed by atoms with Gasteiger partial charge in [-0.25, -0.2) is 0 Å². The summed E-state index contributed by atoms with van der Waals surface area (Å²) in [4.78, 5) is 1.23. The van der Waals surface area contributed by atoms with Crippen molar-refractivity contribution in [3.8, 4) is 0 Å². The number of alkyl halides is 1. The fourth-order valence-corrected chi connectivity index (χ4v) is 2.53. The average molecular weight is 254 g/mol. The van der Waals surface area contributed by atoms with E-state index in [2.05, 4.69) is 37.5 Å². The number of rotatable bonds is 4. The number of nitrogens with one attached hydrogen (secondary N) is 1. The van der Waals surface area contributed by atoms with Crippen molar-refractivity contribution in [1.82, 2.24) is 5.32 Å². The summed E-state index contributed by atoms with van der Waals surface area (Å²) in [6.07, 6.45) is 0. The van der Waals surface area contributed by atoms with E-state index in [1.54, 1.807) is 11.3 Å². The Labute approximate surface area is 101 Å². The zero-order chi connectivity index (χ0) is 9.90. The monoisotopic (exact) mass is 253 g/mol. The van der Waals surface area contributed by atoms with Gasteiger partial charge in [-0.2, -0.15) is 0 Å². The topological polar surface area (TPSA) is 12.0 Å². The summed E-state index contributed by atoms with van der Waals surface area (Å²) < 4.78 is 0. The first-order valence-electron chi connectivity index (χ1n) is 4.50. The minimum Gasteiger partial charge on any atom is -0.310 e. The van der Waals surface area contributed by atoms with E-state index in [0.29, 0.717) is 0 Å². The molecule has 82 valence electrons. The fourth-order valence-electron chi connectivity index (χ4n) is 1.34. The fraction of sp³-hybridized carbons (Fsp3) is 0.600. The van der Waals surface area contributed by atoms with Crippen LogP contribution < -0.4 is 5.32 Å². The second-order valence-electron chi connectivity index (χ2n) is 3.63. The molecule has 1 N–H and O–H groups in total. The molecule has 0 aliphatic rings. The molecule has 1 heterocycles. The number of thiophene rings is 1. The predicted octanol–water partition coefficient (Wildman–Crippen LogP) is 3.84. The van der Waals surface area contributed by atoms with E-state index >= 15 is 0 Å². The Morgan fingerprint density at radius 2 is 2.21 bits per heavy atom. The third-order valence-corrected chi connectivity index (χ3v) is 3.91. The molecule has 1 aromatic rings. The van der Waals surface area contributed by atoms with E-state index in [1.165, 1.54) is 4.88 Å². The van der Waals surface area contributed by atoms with Gasteiger partial charge in [0.25, 0.3) is 0 Å². The van der Waals surface area contributed by atoms with Crippen LogP contribution >= 0.6 is 35.3 Å². The van der Waals surface area contributed by atoms with Gasteiger partial charge in [-0.3, -0.25) is 0 Å². The Hall–Kier alpha value is 0.240. The van der Waals surface area contributed by atoms with Gasteiger partial charge in [0.1, 0.15) is 0 Å². The molecular formula is C10H17Cl2NS. The van der Waals surface area contributed by atoms with Crippen LogP contribution in [0.5, 0.6) is 0 Å². The first-order chi connectivity index (χ1) is 6.08. The number of likely N-dealkylation sites (N-methyl/N-ethyl adjacent to an activating group) is 1. The highest BCUT2D eigenvalue weighted by atomic mass is 35.5. The second kappa shape index (κ2) is 5.96. The molecule has 1 nitrogen and oxygen atoms in total. The summed E-state index contributed by atoms with van der Waals surface area (Å²) in [7, 11) is 0. The summed E-state index contributed by atoms with van der Waals surface area (Å²) in [6.45, 7) is 7.31. The molecule has 0 spiro atoms. The molecule has 0 bridgehead atoms. The van der Waals surface area contributed by atoms with Crippen LogP contribution in [0.2, 0.25) is 0 Å². The van der Waals surface area contributed by atoms with Crippen LogP contribution in [0.25, 0.3) is 0 Å². The highest BCUT2D eigenvalue weighted by molar-refractivity contribution is 7.10. The lowest BCUT2D eigenvalue weighted by Gasteiger charge is -2.30. The lowest BCUT2D eigenvalue weighted by Crippen LogP contribution is -2.42. The van der Waals surface area contributed by atoms with Gasteiger partial charge >= 0.3 is 0 Å². The highest BCUT2D eigenvalue weighted by Crippen LogP contribution is 2.34. The van der Waals surface area contributed by atoms with Gasteiger partial charge in [0.2, 0.25) is 0 Å². The maximum atomic E-state index is 6.37. The summed E-state index contributed by atoms with van der Waals surface area (Å²) in [5.41, 5.74) is -0.0405. The number of halogens is 2. The van der Waals surface area contributed by atoms with Crippen LogP contribution in [0, 0.1) is 0 Å². The van der Waals surface area contributed by atoms with E-state index in [1.807, 2.05) is 6.07 Å². The van der Waals surface area contributed by atoms with Crippen molar-refractivity contribution in [2.24, 2.45) is 0 Å². The van der Waals surface area contributed by atoms with Crippen LogP contribution in [0.15, 0.2) is 17.5 Å². The molecule has 14 heavy (non-hydrogen) atoms. The van der Waals surface area contributed by atoms with Crippen LogP contribution in [0.4, 0.5) is 0 Å². The standard InChI is InChI=1S/C10H16ClNS.ClH/c1-4-12-10(2,3)9(11)8-6-5-7-13-8;/h5-7,9,12H,4H2,1-3H3;1H. The zero-order valence-corrected chi connectivity index (χ0v) is 11.1. The van der Waals surface area contributed by atoms with E-state index in [-0.39, 0.29) is 23.3 Å². The molecule has 1 atom stereocenters. The molecule has 0 aliphatic heterocycles. The van der Waals surface area contributed by atoms with Gasteiger partial charge in [0.05, 0.1) is 5.38 Å². The molecular weight excluding hydrogens is 237 g/mol. The van der Waals surface area contributed by atoms with Crippen LogP contribution in [-0.2, 0) is 0 Å². The van der Waals surface area contributed by atoms with Crippen molar-refractivity contribution < 1.29 is 0 Å². The van der Waals surface area contributed by atoms with E-state index < -0.39 is 0 Å². The highest BCUT2D eigenvalue weighted by Gasteiger charge is 2.28. The molecule has 1 rings (SSSR count). The molecule has 1 aromatic heterocycles. The van der Waals surface area contributed by atoms with E-state index in [4.69, 9.17) is 11.6 Å². The normalized spacial score (nSPS) is 13.4. The van der Waals surface area contributed by atoms with Gasteiger partial charge in [-0.15, -0.1) is 35.3 Å². The molecule has 0 radical (unpaired) electrons. The van der Waals surface area contributed by atoms with E-state index in [9.17, 15) is 0 Å². The summed E-state index contributed by atoms with van der Waals surface area (Å²) >= 11 is 8.08. The minimum atomic E-state index is -0.0405. The lowest BCUT2D eigenvalue weighted by molar-refractivity contribution is 0.388. The molecule has 0 aromatic carbocycles. The van der Waals surface area contributed by atoms with Crippen molar-refractivity contribution in [3.63, 3.8) is 0 Å². The van der Waals surface area contributed by atoms with Gasteiger partial charge in [-0.05, 0) is 31.8 Å². The third kappa shape index (κ3) is 3.43. The zero-order valence-electron chi connectivity index (χ0n) is 8.71. The van der Waals surface area contributed by atoms with Gasteiger partial charge in [0.15, 0.2) is 0 Å². The molecule has 1 unspecified atom stereocenters. The molecule has 0 amide bonds. The smallest absolute Gasteiger partial charge is 0.0854 e. The van der Waals surface area contributed by atoms with Crippen molar-refractivity contribution in [1.29, 1.82) is 0 Å². The molecule has 0 saturated heterocycles. The van der Waals surface area contributed by atoms with Gasteiger partial charge in [0, 0.05) is 10.4 Å². The Bertz CT molecular complexity index is 247. The van der Waals surface area contributed by atoms with Crippen molar-refractivity contribution in [3.05, 3.63) is 22.4 Å². The van der Waals surface area contributed by atoms with Crippen LogP contribution in [0.3, 0.4) is 0 Å². The number of hydrogen-bond acceptors (Lipinski definition) is 2.